The summed E-state index contributed by atoms with van der Waals surface area (Å²) in [5.74, 6) is 0.301. The molecule has 0 bridgehead atoms. The van der Waals surface area contributed by atoms with Crippen LogP contribution >= 0.6 is 34.3 Å². The number of nitrogens with one attached hydrogen (secondary N) is 2. The van der Waals surface area contributed by atoms with Crippen LogP contribution in [0.4, 0.5) is 11.4 Å². The number of nitrogens with zero attached hydrogens (tertiary/aromatic N) is 2. The van der Waals surface area contributed by atoms with Gasteiger partial charge in [0.05, 0.1) is 30.6 Å². The monoisotopic (exact) mass is 602 g/mol. The van der Waals surface area contributed by atoms with Gasteiger partial charge in [-0.25, -0.2) is 26.8 Å². The molecule has 2 N–H and O–H groups in total. The summed E-state index contributed by atoms with van der Waals surface area (Å²) in [6.45, 7) is 0. The molecular formula is C24H15ClN4O5S4. The summed E-state index contributed by atoms with van der Waals surface area (Å²) in [4.78, 5) is 8.78. The summed E-state index contributed by atoms with van der Waals surface area (Å²) in [6.07, 6.45) is 0. The molecule has 0 amide bonds. The summed E-state index contributed by atoms with van der Waals surface area (Å²) in [7, 11) is -7.58. The minimum absolute atomic E-state index is 0.112. The number of hydrogen-bond acceptors (Lipinski definition) is 9. The molecule has 3 aromatic heterocycles. The molecule has 38 heavy (non-hydrogen) atoms. The van der Waals surface area contributed by atoms with Gasteiger partial charge < -0.3 is 4.42 Å². The number of anilines is 2. The minimum atomic E-state index is -3.83. The highest BCUT2D eigenvalue weighted by molar-refractivity contribution is 7.94. The van der Waals surface area contributed by atoms with Crippen LogP contribution in [-0.4, -0.2) is 26.8 Å². The molecule has 0 spiro atoms. The molecular weight excluding hydrogens is 588 g/mol. The molecule has 0 saturated carbocycles. The maximum Gasteiger partial charge on any atom is 0.271 e. The van der Waals surface area contributed by atoms with Gasteiger partial charge in [0, 0.05) is 11.3 Å². The van der Waals surface area contributed by atoms with Gasteiger partial charge in [-0.2, -0.15) is 0 Å². The van der Waals surface area contributed by atoms with Crippen molar-refractivity contribution >= 4 is 87.0 Å². The van der Waals surface area contributed by atoms with E-state index < -0.39 is 20.0 Å². The SMILES string of the molecule is O=S(=O)(Nc1ccc2oc(-c3ccc(NS(=O)(=O)c4ccc(Cl)s4)cc3)nc2c1)c1ccc2ncsc2c1. The number of aromatic nitrogens is 2. The molecule has 6 rings (SSSR count). The van der Waals surface area contributed by atoms with Gasteiger partial charge in [-0.15, -0.1) is 22.7 Å². The highest BCUT2D eigenvalue weighted by Crippen LogP contribution is 2.30. The number of rotatable bonds is 7. The van der Waals surface area contributed by atoms with Crippen molar-refractivity contribution < 1.29 is 21.3 Å². The van der Waals surface area contributed by atoms with Gasteiger partial charge >= 0.3 is 0 Å². The third-order valence-corrected chi connectivity index (χ3v) is 10.7. The predicted molar refractivity (Wildman–Crippen MR) is 150 cm³/mol. The number of oxazole rings is 1. The summed E-state index contributed by atoms with van der Waals surface area (Å²) in [5.41, 5.74) is 4.64. The van der Waals surface area contributed by atoms with Crippen LogP contribution in [0.5, 0.6) is 0 Å². The fourth-order valence-corrected chi connectivity index (χ4v) is 8.07. The van der Waals surface area contributed by atoms with Crippen LogP contribution in [0.25, 0.3) is 32.8 Å². The van der Waals surface area contributed by atoms with Crippen LogP contribution in [0.3, 0.4) is 0 Å². The first-order valence-corrected chi connectivity index (χ1v) is 15.9. The summed E-state index contributed by atoms with van der Waals surface area (Å²) in [6, 6.07) is 19.1. The molecule has 0 saturated heterocycles. The van der Waals surface area contributed by atoms with Gasteiger partial charge in [-0.05, 0) is 72.8 Å². The molecule has 0 aliphatic rings. The molecule has 0 unspecified atom stereocenters. The molecule has 0 radical (unpaired) electrons. The van der Waals surface area contributed by atoms with E-state index in [-0.39, 0.29) is 9.10 Å². The van der Waals surface area contributed by atoms with Crippen LogP contribution in [0.1, 0.15) is 0 Å². The maximum atomic E-state index is 12.9. The Kier molecular flexibility index (Phi) is 6.12. The molecule has 6 aromatic rings. The van der Waals surface area contributed by atoms with Crippen molar-refractivity contribution in [3.8, 4) is 11.5 Å². The van der Waals surface area contributed by atoms with Crippen LogP contribution < -0.4 is 9.44 Å². The zero-order valence-electron chi connectivity index (χ0n) is 19.0. The number of sulfonamides is 2. The number of benzene rings is 3. The second-order valence-electron chi connectivity index (χ2n) is 8.03. The van der Waals surface area contributed by atoms with Gasteiger partial charge in [0.25, 0.3) is 20.0 Å². The number of thiazole rings is 1. The van der Waals surface area contributed by atoms with E-state index in [0.29, 0.717) is 38.3 Å². The molecule has 3 aromatic carbocycles. The second-order valence-corrected chi connectivity index (χ2v) is 14.2. The van der Waals surface area contributed by atoms with Crippen molar-refractivity contribution in [2.24, 2.45) is 0 Å². The largest absolute Gasteiger partial charge is 0.436 e. The molecule has 0 fully saturated rings. The van der Waals surface area contributed by atoms with Crippen molar-refractivity contribution in [2.75, 3.05) is 9.44 Å². The lowest BCUT2D eigenvalue weighted by atomic mass is 10.2. The Balaban J connectivity index is 1.22. The van der Waals surface area contributed by atoms with Crippen LogP contribution in [-0.2, 0) is 20.0 Å². The summed E-state index contributed by atoms with van der Waals surface area (Å²) < 4.78 is 63.1. The minimum Gasteiger partial charge on any atom is -0.436 e. The van der Waals surface area contributed by atoms with Gasteiger partial charge in [-0.3, -0.25) is 9.44 Å². The predicted octanol–water partition coefficient (Wildman–Crippen LogP) is 6.42. The normalized spacial score (nSPS) is 12.2. The molecule has 3 heterocycles. The third kappa shape index (κ3) is 4.86. The van der Waals surface area contributed by atoms with Crippen molar-refractivity contribution in [3.63, 3.8) is 0 Å². The van der Waals surface area contributed by atoms with E-state index in [1.54, 1.807) is 60.1 Å². The molecule has 14 heteroatoms. The Morgan fingerprint density at radius 1 is 0.789 bits per heavy atom. The smallest absolute Gasteiger partial charge is 0.271 e. The maximum absolute atomic E-state index is 12.9. The van der Waals surface area contributed by atoms with Gasteiger partial charge in [0.1, 0.15) is 9.73 Å². The highest BCUT2D eigenvalue weighted by Gasteiger charge is 2.18. The van der Waals surface area contributed by atoms with Crippen molar-refractivity contribution in [1.82, 2.24) is 9.97 Å². The molecule has 0 aliphatic heterocycles. The van der Waals surface area contributed by atoms with E-state index in [2.05, 4.69) is 19.4 Å². The first-order chi connectivity index (χ1) is 18.2. The third-order valence-electron chi connectivity index (χ3n) is 5.45. The lowest BCUT2D eigenvalue weighted by Gasteiger charge is -2.07. The Hall–Kier alpha value is -3.49. The van der Waals surface area contributed by atoms with E-state index in [0.717, 1.165) is 21.6 Å². The zero-order chi connectivity index (χ0) is 26.5. The Morgan fingerprint density at radius 2 is 1.55 bits per heavy atom. The lowest BCUT2D eigenvalue weighted by Crippen LogP contribution is -2.12. The summed E-state index contributed by atoms with van der Waals surface area (Å²) >= 11 is 8.18. The lowest BCUT2D eigenvalue weighted by molar-refractivity contribution is 0.600. The van der Waals surface area contributed by atoms with Gasteiger partial charge in [-0.1, -0.05) is 11.6 Å². The van der Waals surface area contributed by atoms with Crippen LogP contribution in [0.15, 0.2) is 91.8 Å². The Labute approximate surface area is 229 Å². The van der Waals surface area contributed by atoms with E-state index in [1.807, 2.05) is 0 Å². The second kappa shape index (κ2) is 9.36. The number of hydrogen-bond donors (Lipinski definition) is 2. The molecule has 9 nitrogen and oxygen atoms in total. The van der Waals surface area contributed by atoms with Crippen molar-refractivity contribution in [3.05, 3.63) is 82.6 Å². The van der Waals surface area contributed by atoms with Crippen LogP contribution in [0.2, 0.25) is 4.34 Å². The molecule has 0 atom stereocenters. The average molecular weight is 603 g/mol. The van der Waals surface area contributed by atoms with Crippen LogP contribution in [0, 0.1) is 0 Å². The van der Waals surface area contributed by atoms with Gasteiger partial charge in [0.15, 0.2) is 5.58 Å². The van der Waals surface area contributed by atoms with E-state index in [1.165, 1.54) is 29.5 Å². The first-order valence-electron chi connectivity index (χ1n) is 10.8. The van der Waals surface area contributed by atoms with E-state index in [9.17, 15) is 16.8 Å². The van der Waals surface area contributed by atoms with E-state index >= 15 is 0 Å². The van der Waals surface area contributed by atoms with Crippen molar-refractivity contribution in [2.45, 2.75) is 9.10 Å². The fourth-order valence-electron chi connectivity index (χ4n) is 3.66. The average Bonchev–Trinajstić information content (AvgIpc) is 3.63. The number of halogens is 1. The molecule has 0 aliphatic carbocycles. The topological polar surface area (TPSA) is 131 Å². The fraction of sp³-hybridized carbons (Fsp3) is 0. The number of thiophene rings is 1. The zero-order valence-corrected chi connectivity index (χ0v) is 23.0. The van der Waals surface area contributed by atoms with E-state index in [4.69, 9.17) is 16.0 Å². The highest BCUT2D eigenvalue weighted by atomic mass is 35.5. The Bertz CT molecular complexity index is 2030. The molecule has 192 valence electrons. The Morgan fingerprint density at radius 3 is 2.32 bits per heavy atom. The summed E-state index contributed by atoms with van der Waals surface area (Å²) in [5, 5.41) is 0. The standard InChI is InChI=1S/C24H15ClN4O5S4/c25-22-9-10-23(36-22)38(32,33)28-15-3-1-14(2-4-15)24-27-19-11-16(5-8-20(19)34-24)29-37(30,31)17-6-7-18-21(12-17)35-13-26-18/h1-13,28-29H. The number of fused-ring (bicyclic) bond motifs is 2. The first kappa shape index (κ1) is 24.8. The van der Waals surface area contributed by atoms with Crippen molar-refractivity contribution in [1.29, 1.82) is 0 Å². The van der Waals surface area contributed by atoms with Gasteiger partial charge in [0.2, 0.25) is 5.89 Å². The quantitative estimate of drug-likeness (QED) is 0.215.